The molecule has 7 heteroatoms. The molecule has 0 saturated carbocycles. The van der Waals surface area contributed by atoms with Crippen LogP contribution in [0, 0.1) is 15.9 Å². The molecule has 1 heterocycles. The molecule has 3 rings (SSSR count). The second-order valence-electron chi connectivity index (χ2n) is 6.67. The third-order valence-electron chi connectivity index (χ3n) is 4.75. The zero-order valence-corrected chi connectivity index (χ0v) is 15.0. The molecule has 1 fully saturated rings. The molecule has 0 aliphatic carbocycles. The normalized spacial score (nSPS) is 14.5. The summed E-state index contributed by atoms with van der Waals surface area (Å²) in [6.07, 6.45) is 4.29. The number of halogens is 1. The number of nitrogens with one attached hydrogen (secondary N) is 1. The molecule has 27 heavy (non-hydrogen) atoms. The molecule has 1 saturated heterocycles. The molecule has 0 atom stereocenters. The van der Waals surface area contributed by atoms with E-state index in [0.29, 0.717) is 5.69 Å². The van der Waals surface area contributed by atoms with Crippen LogP contribution in [-0.4, -0.2) is 23.9 Å². The number of carbonyl (C=O) groups is 1. The fraction of sp³-hybridized carbons (Fsp3) is 0.350. The first kappa shape index (κ1) is 18.8. The first-order valence-corrected chi connectivity index (χ1v) is 9.10. The van der Waals surface area contributed by atoms with E-state index in [0.717, 1.165) is 44.3 Å². The largest absolute Gasteiger partial charge is 0.366 e. The summed E-state index contributed by atoms with van der Waals surface area (Å²) in [4.78, 5) is 25.5. The van der Waals surface area contributed by atoms with Gasteiger partial charge in [0.05, 0.1) is 4.92 Å². The maximum atomic E-state index is 12.9. The molecule has 0 spiro atoms. The van der Waals surface area contributed by atoms with Crippen LogP contribution in [0.1, 0.15) is 41.6 Å². The van der Waals surface area contributed by atoms with E-state index in [4.69, 9.17) is 0 Å². The van der Waals surface area contributed by atoms with Crippen LogP contribution in [-0.2, 0) is 6.54 Å². The van der Waals surface area contributed by atoms with Crippen molar-refractivity contribution in [2.45, 2.75) is 32.2 Å². The van der Waals surface area contributed by atoms with Gasteiger partial charge >= 0.3 is 0 Å². The molecule has 0 bridgehead atoms. The highest BCUT2D eigenvalue weighted by Gasteiger charge is 2.22. The summed E-state index contributed by atoms with van der Waals surface area (Å²) in [7, 11) is 0. The molecule has 0 aromatic heterocycles. The quantitative estimate of drug-likeness (QED) is 0.636. The molecule has 0 unspecified atom stereocenters. The lowest BCUT2D eigenvalue weighted by molar-refractivity contribution is -0.384. The van der Waals surface area contributed by atoms with E-state index in [1.807, 2.05) is 4.90 Å². The fourth-order valence-electron chi connectivity index (χ4n) is 3.28. The Morgan fingerprint density at radius 2 is 1.74 bits per heavy atom. The van der Waals surface area contributed by atoms with Crippen LogP contribution in [0.2, 0.25) is 0 Å². The Kier molecular flexibility index (Phi) is 6.01. The van der Waals surface area contributed by atoms with E-state index in [9.17, 15) is 19.3 Å². The van der Waals surface area contributed by atoms with Gasteiger partial charge in [0.2, 0.25) is 0 Å². The van der Waals surface area contributed by atoms with Gasteiger partial charge in [-0.2, -0.15) is 0 Å². The topological polar surface area (TPSA) is 75.5 Å². The SMILES string of the molecule is O=C(NCc1ccc(F)cc1)c1ccc(N2CCCCCC2)c([N+](=O)[O-])c1. The number of hydrogen-bond acceptors (Lipinski definition) is 4. The molecule has 1 N–H and O–H groups in total. The molecule has 2 aromatic rings. The van der Waals surface area contributed by atoms with E-state index >= 15 is 0 Å². The van der Waals surface area contributed by atoms with Crippen molar-refractivity contribution in [3.63, 3.8) is 0 Å². The Morgan fingerprint density at radius 3 is 2.37 bits per heavy atom. The van der Waals surface area contributed by atoms with Crippen LogP contribution in [0.4, 0.5) is 15.8 Å². The minimum atomic E-state index is -0.434. The highest BCUT2D eigenvalue weighted by molar-refractivity contribution is 5.95. The number of rotatable bonds is 5. The van der Waals surface area contributed by atoms with Crippen molar-refractivity contribution in [1.82, 2.24) is 5.32 Å². The summed E-state index contributed by atoms with van der Waals surface area (Å²) in [6.45, 7) is 1.80. The third-order valence-corrected chi connectivity index (χ3v) is 4.75. The van der Waals surface area contributed by atoms with Crippen molar-refractivity contribution in [2.75, 3.05) is 18.0 Å². The van der Waals surface area contributed by atoms with Crippen molar-refractivity contribution >= 4 is 17.3 Å². The van der Waals surface area contributed by atoms with Crippen molar-refractivity contribution in [3.05, 3.63) is 69.5 Å². The highest BCUT2D eigenvalue weighted by Crippen LogP contribution is 2.31. The smallest absolute Gasteiger partial charge is 0.293 e. The summed E-state index contributed by atoms with van der Waals surface area (Å²) in [6, 6.07) is 10.4. The first-order chi connectivity index (χ1) is 13.0. The van der Waals surface area contributed by atoms with E-state index < -0.39 is 10.8 Å². The highest BCUT2D eigenvalue weighted by atomic mass is 19.1. The molecule has 6 nitrogen and oxygen atoms in total. The lowest BCUT2D eigenvalue weighted by Crippen LogP contribution is -2.26. The fourth-order valence-corrected chi connectivity index (χ4v) is 3.28. The maximum Gasteiger partial charge on any atom is 0.293 e. The number of hydrogen-bond donors (Lipinski definition) is 1. The molecule has 142 valence electrons. The van der Waals surface area contributed by atoms with E-state index in [1.54, 1.807) is 24.3 Å². The number of amides is 1. The van der Waals surface area contributed by atoms with Crippen LogP contribution in [0.5, 0.6) is 0 Å². The molecular weight excluding hydrogens is 349 g/mol. The minimum Gasteiger partial charge on any atom is -0.366 e. The van der Waals surface area contributed by atoms with Crippen LogP contribution < -0.4 is 10.2 Å². The van der Waals surface area contributed by atoms with Gasteiger partial charge in [-0.1, -0.05) is 25.0 Å². The predicted octanol–water partition coefficient (Wildman–Crippen LogP) is 4.04. The van der Waals surface area contributed by atoms with Crippen molar-refractivity contribution < 1.29 is 14.1 Å². The van der Waals surface area contributed by atoms with Crippen LogP contribution >= 0.6 is 0 Å². The van der Waals surface area contributed by atoms with Crippen molar-refractivity contribution in [2.24, 2.45) is 0 Å². The van der Waals surface area contributed by atoms with Gasteiger partial charge in [0, 0.05) is 31.3 Å². The lowest BCUT2D eigenvalue weighted by atomic mass is 10.1. The third kappa shape index (κ3) is 4.81. The maximum absolute atomic E-state index is 12.9. The van der Waals surface area contributed by atoms with Crippen molar-refractivity contribution in [3.8, 4) is 0 Å². The molecule has 0 radical (unpaired) electrons. The average molecular weight is 371 g/mol. The van der Waals surface area contributed by atoms with Crippen LogP contribution in [0.3, 0.4) is 0 Å². The standard InChI is InChI=1S/C20H22FN3O3/c21-17-8-5-15(6-9-17)14-22-20(25)16-7-10-18(19(13-16)24(26)27)23-11-3-1-2-4-12-23/h5-10,13H,1-4,11-12,14H2,(H,22,25). The number of anilines is 1. The molecule has 1 aliphatic heterocycles. The van der Waals surface area contributed by atoms with Crippen LogP contribution in [0.15, 0.2) is 42.5 Å². The minimum absolute atomic E-state index is 0.0497. The van der Waals surface area contributed by atoms with Crippen molar-refractivity contribution in [1.29, 1.82) is 0 Å². The van der Waals surface area contributed by atoms with Gasteiger partial charge in [-0.25, -0.2) is 4.39 Å². The monoisotopic (exact) mass is 371 g/mol. The van der Waals surface area contributed by atoms with Gasteiger partial charge in [-0.3, -0.25) is 14.9 Å². The summed E-state index contributed by atoms with van der Waals surface area (Å²) in [5.74, 6) is -0.741. The van der Waals surface area contributed by atoms with Gasteiger partial charge in [0.1, 0.15) is 11.5 Å². The Bertz CT molecular complexity index is 816. The second-order valence-corrected chi connectivity index (χ2v) is 6.67. The summed E-state index contributed by atoms with van der Waals surface area (Å²) < 4.78 is 12.9. The van der Waals surface area contributed by atoms with Crippen LogP contribution in [0.25, 0.3) is 0 Å². The zero-order chi connectivity index (χ0) is 19.2. The molecule has 1 amide bonds. The Morgan fingerprint density at radius 1 is 1.07 bits per heavy atom. The Balaban J connectivity index is 1.75. The van der Waals surface area contributed by atoms with Gasteiger partial charge in [0.25, 0.3) is 11.6 Å². The summed E-state index contributed by atoms with van der Waals surface area (Å²) >= 11 is 0. The van der Waals surface area contributed by atoms with E-state index in [1.165, 1.54) is 18.2 Å². The number of benzene rings is 2. The number of nitro groups is 1. The molecule has 2 aromatic carbocycles. The van der Waals surface area contributed by atoms with E-state index in [-0.39, 0.29) is 23.6 Å². The van der Waals surface area contributed by atoms with Gasteiger partial charge in [-0.05, 0) is 42.7 Å². The number of nitro benzene ring substituents is 1. The van der Waals surface area contributed by atoms with Gasteiger partial charge in [0.15, 0.2) is 0 Å². The Hall–Kier alpha value is -2.96. The number of nitrogens with zero attached hydrogens (tertiary/aromatic N) is 2. The molecular formula is C20H22FN3O3. The lowest BCUT2D eigenvalue weighted by Gasteiger charge is -2.22. The summed E-state index contributed by atoms with van der Waals surface area (Å²) in [5, 5.41) is 14.3. The molecule has 1 aliphatic rings. The number of carbonyl (C=O) groups excluding carboxylic acids is 1. The van der Waals surface area contributed by atoms with Gasteiger partial charge < -0.3 is 10.2 Å². The Labute approximate surface area is 157 Å². The van der Waals surface area contributed by atoms with Gasteiger partial charge in [-0.15, -0.1) is 0 Å². The second kappa shape index (κ2) is 8.62. The summed E-state index contributed by atoms with van der Waals surface area (Å²) in [5.41, 5.74) is 1.51. The first-order valence-electron chi connectivity index (χ1n) is 9.10. The predicted molar refractivity (Wildman–Crippen MR) is 101 cm³/mol. The average Bonchev–Trinajstić information content (AvgIpc) is 2.96. The zero-order valence-electron chi connectivity index (χ0n) is 15.0. The van der Waals surface area contributed by atoms with E-state index in [2.05, 4.69) is 5.32 Å².